The van der Waals surface area contributed by atoms with Gasteiger partial charge in [0.1, 0.15) is 0 Å². The Morgan fingerprint density at radius 1 is 1.33 bits per heavy atom. The van der Waals surface area contributed by atoms with Crippen LogP contribution in [0.2, 0.25) is 0 Å². The molecule has 3 heteroatoms. The molecule has 3 nitrogen and oxygen atoms in total. The molecule has 2 N–H and O–H groups in total. The van der Waals surface area contributed by atoms with Crippen molar-refractivity contribution in [3.63, 3.8) is 0 Å². The third-order valence-corrected chi connectivity index (χ3v) is 1.39. The summed E-state index contributed by atoms with van der Waals surface area (Å²) in [5, 5.41) is 0. The van der Waals surface area contributed by atoms with Crippen LogP contribution in [0.1, 0.15) is 34.6 Å². The van der Waals surface area contributed by atoms with Crippen molar-refractivity contribution >= 4 is 5.91 Å². The average molecular weight is 172 g/mol. The van der Waals surface area contributed by atoms with Crippen LogP contribution in [-0.2, 0) is 4.79 Å². The Bertz CT molecular complexity index is 147. The number of carbonyl (C=O) groups is 1. The van der Waals surface area contributed by atoms with Crippen molar-refractivity contribution in [2.24, 2.45) is 11.3 Å². The van der Waals surface area contributed by atoms with Crippen LogP contribution in [0.3, 0.4) is 0 Å². The second kappa shape index (κ2) is 4.45. The van der Waals surface area contributed by atoms with Crippen molar-refractivity contribution < 1.29 is 4.79 Å². The Labute approximate surface area is 74.9 Å². The summed E-state index contributed by atoms with van der Waals surface area (Å²) in [6, 6.07) is 0. The Kier molecular flexibility index (Phi) is 4.24. The summed E-state index contributed by atoms with van der Waals surface area (Å²) >= 11 is 0. The lowest BCUT2D eigenvalue weighted by Crippen LogP contribution is -2.45. The van der Waals surface area contributed by atoms with Gasteiger partial charge in [0.2, 0.25) is 5.91 Å². The SMILES string of the molecule is CC(C)CNNC(=O)C(C)(C)C. The van der Waals surface area contributed by atoms with Crippen LogP contribution in [0.25, 0.3) is 0 Å². The van der Waals surface area contributed by atoms with E-state index in [1.165, 1.54) is 0 Å². The molecule has 0 aliphatic carbocycles. The van der Waals surface area contributed by atoms with Crippen molar-refractivity contribution in [1.29, 1.82) is 0 Å². The number of hydrogen-bond acceptors (Lipinski definition) is 2. The molecule has 1 amide bonds. The largest absolute Gasteiger partial charge is 0.291 e. The summed E-state index contributed by atoms with van der Waals surface area (Å²) in [5.74, 6) is 0.577. The molecule has 0 spiro atoms. The second-order valence-electron chi connectivity index (χ2n) is 4.48. The Balaban J connectivity index is 3.59. The van der Waals surface area contributed by atoms with Crippen LogP contribution in [0.5, 0.6) is 0 Å². The molecule has 0 aromatic heterocycles. The molecule has 0 saturated carbocycles. The molecule has 0 saturated heterocycles. The average Bonchev–Trinajstić information content (AvgIpc) is 1.84. The van der Waals surface area contributed by atoms with E-state index in [9.17, 15) is 4.79 Å². The van der Waals surface area contributed by atoms with Gasteiger partial charge in [-0.25, -0.2) is 5.43 Å². The molecule has 0 bridgehead atoms. The highest BCUT2D eigenvalue weighted by molar-refractivity contribution is 5.80. The molecule has 72 valence electrons. The zero-order valence-corrected chi connectivity index (χ0v) is 8.69. The molecule has 0 aliphatic heterocycles. The Morgan fingerprint density at radius 3 is 2.17 bits per heavy atom. The van der Waals surface area contributed by atoms with Gasteiger partial charge in [0.05, 0.1) is 0 Å². The molecule has 0 heterocycles. The summed E-state index contributed by atoms with van der Waals surface area (Å²) in [7, 11) is 0. The predicted octanol–water partition coefficient (Wildman–Crippen LogP) is 1.31. The maximum atomic E-state index is 11.3. The molecule has 0 aromatic carbocycles. The van der Waals surface area contributed by atoms with Crippen molar-refractivity contribution in [2.75, 3.05) is 6.54 Å². The first-order valence-corrected chi connectivity index (χ1v) is 4.37. The number of carbonyl (C=O) groups excluding carboxylic acids is 1. The topological polar surface area (TPSA) is 41.1 Å². The molecule has 0 aromatic rings. The zero-order chi connectivity index (χ0) is 9.78. The summed E-state index contributed by atoms with van der Waals surface area (Å²) in [6.07, 6.45) is 0. The van der Waals surface area contributed by atoms with E-state index in [0.29, 0.717) is 5.92 Å². The highest BCUT2D eigenvalue weighted by Crippen LogP contribution is 2.11. The lowest BCUT2D eigenvalue weighted by atomic mass is 9.96. The minimum atomic E-state index is -0.315. The number of amides is 1. The van der Waals surface area contributed by atoms with Gasteiger partial charge in [-0.05, 0) is 5.92 Å². The Hall–Kier alpha value is -0.570. The van der Waals surface area contributed by atoms with Crippen LogP contribution in [0.4, 0.5) is 0 Å². The molecule has 0 unspecified atom stereocenters. The van der Waals surface area contributed by atoms with E-state index in [0.717, 1.165) is 6.54 Å². The fourth-order valence-electron chi connectivity index (χ4n) is 0.523. The fourth-order valence-corrected chi connectivity index (χ4v) is 0.523. The van der Waals surface area contributed by atoms with E-state index < -0.39 is 0 Å². The quantitative estimate of drug-likeness (QED) is 0.630. The van der Waals surface area contributed by atoms with Gasteiger partial charge in [-0.1, -0.05) is 34.6 Å². The zero-order valence-electron chi connectivity index (χ0n) is 8.69. The number of rotatable bonds is 3. The van der Waals surface area contributed by atoms with Crippen molar-refractivity contribution in [2.45, 2.75) is 34.6 Å². The molecular weight excluding hydrogens is 152 g/mol. The predicted molar refractivity (Wildman–Crippen MR) is 50.4 cm³/mol. The Morgan fingerprint density at radius 2 is 1.83 bits per heavy atom. The second-order valence-corrected chi connectivity index (χ2v) is 4.48. The molecule has 12 heavy (non-hydrogen) atoms. The van der Waals surface area contributed by atoms with Gasteiger partial charge >= 0.3 is 0 Å². The minimum absolute atomic E-state index is 0.0307. The first kappa shape index (κ1) is 11.4. The first-order valence-electron chi connectivity index (χ1n) is 4.37. The van der Waals surface area contributed by atoms with Gasteiger partial charge in [0, 0.05) is 12.0 Å². The van der Waals surface area contributed by atoms with Crippen molar-refractivity contribution in [3.05, 3.63) is 0 Å². The highest BCUT2D eigenvalue weighted by Gasteiger charge is 2.20. The van der Waals surface area contributed by atoms with Crippen LogP contribution >= 0.6 is 0 Å². The monoisotopic (exact) mass is 172 g/mol. The molecule has 0 fully saturated rings. The van der Waals surface area contributed by atoms with Crippen LogP contribution in [0.15, 0.2) is 0 Å². The van der Waals surface area contributed by atoms with Crippen LogP contribution in [0, 0.1) is 11.3 Å². The van der Waals surface area contributed by atoms with Gasteiger partial charge in [-0.15, -0.1) is 0 Å². The maximum absolute atomic E-state index is 11.3. The van der Waals surface area contributed by atoms with Crippen molar-refractivity contribution in [3.8, 4) is 0 Å². The minimum Gasteiger partial charge on any atom is -0.291 e. The lowest BCUT2D eigenvalue weighted by molar-refractivity contribution is -0.129. The van der Waals surface area contributed by atoms with Crippen molar-refractivity contribution in [1.82, 2.24) is 10.9 Å². The van der Waals surface area contributed by atoms with E-state index >= 15 is 0 Å². The maximum Gasteiger partial charge on any atom is 0.239 e. The van der Waals surface area contributed by atoms with Gasteiger partial charge in [-0.3, -0.25) is 10.2 Å². The van der Waals surface area contributed by atoms with E-state index in [2.05, 4.69) is 24.7 Å². The van der Waals surface area contributed by atoms with Gasteiger partial charge in [0.15, 0.2) is 0 Å². The highest BCUT2D eigenvalue weighted by atomic mass is 16.2. The molecule has 0 aliphatic rings. The smallest absolute Gasteiger partial charge is 0.239 e. The van der Waals surface area contributed by atoms with E-state index in [1.54, 1.807) is 0 Å². The van der Waals surface area contributed by atoms with Crippen LogP contribution < -0.4 is 10.9 Å². The fraction of sp³-hybridized carbons (Fsp3) is 0.889. The molecule has 0 radical (unpaired) electrons. The molecule has 0 atom stereocenters. The van der Waals surface area contributed by atoms with Crippen LogP contribution in [-0.4, -0.2) is 12.5 Å². The lowest BCUT2D eigenvalue weighted by Gasteiger charge is -2.18. The third kappa shape index (κ3) is 5.13. The molecular formula is C9H20N2O. The summed E-state index contributed by atoms with van der Waals surface area (Å²) < 4.78 is 0. The first-order chi connectivity index (χ1) is 5.34. The summed E-state index contributed by atoms with van der Waals surface area (Å²) in [5.41, 5.74) is 5.24. The van der Waals surface area contributed by atoms with Gasteiger partial charge < -0.3 is 0 Å². The summed E-state index contributed by atoms with van der Waals surface area (Å²) in [6.45, 7) is 10.7. The van der Waals surface area contributed by atoms with E-state index in [4.69, 9.17) is 0 Å². The normalized spacial score (nSPS) is 11.8. The number of hydrazine groups is 1. The third-order valence-electron chi connectivity index (χ3n) is 1.39. The molecule has 0 rings (SSSR count). The standard InChI is InChI=1S/C9H20N2O/c1-7(2)6-10-11-8(12)9(3,4)5/h7,10H,6H2,1-5H3,(H,11,12). The number of nitrogens with one attached hydrogen (secondary N) is 2. The van der Waals surface area contributed by atoms with Gasteiger partial charge in [0.25, 0.3) is 0 Å². The number of hydrogen-bond donors (Lipinski definition) is 2. The van der Waals surface area contributed by atoms with E-state index in [1.807, 2.05) is 20.8 Å². The summed E-state index contributed by atoms with van der Waals surface area (Å²) in [4.78, 5) is 11.3. The van der Waals surface area contributed by atoms with E-state index in [-0.39, 0.29) is 11.3 Å². The van der Waals surface area contributed by atoms with Gasteiger partial charge in [-0.2, -0.15) is 0 Å².